The smallest absolute Gasteiger partial charge is 0.262 e. The van der Waals surface area contributed by atoms with Crippen LogP contribution in [0.2, 0.25) is 0 Å². The summed E-state index contributed by atoms with van der Waals surface area (Å²) in [5, 5.41) is 0. The highest BCUT2D eigenvalue weighted by Gasteiger charge is 2.18. The van der Waals surface area contributed by atoms with E-state index in [0.717, 1.165) is 5.56 Å². The highest BCUT2D eigenvalue weighted by molar-refractivity contribution is 7.92. The second kappa shape index (κ2) is 5.59. The van der Waals surface area contributed by atoms with E-state index in [1.165, 1.54) is 12.3 Å². The summed E-state index contributed by atoms with van der Waals surface area (Å²) in [5.41, 5.74) is 1.84. The Hall–Kier alpha value is -1.59. The van der Waals surface area contributed by atoms with Gasteiger partial charge in [0.05, 0.1) is 16.8 Å². The van der Waals surface area contributed by atoms with Crippen molar-refractivity contribution >= 4 is 27.3 Å². The van der Waals surface area contributed by atoms with Crippen molar-refractivity contribution in [1.82, 2.24) is 4.98 Å². The molecule has 6 heteroatoms. The lowest BCUT2D eigenvalue weighted by atomic mass is 10.2. The number of pyridine rings is 1. The third-order valence-corrected chi connectivity index (χ3v) is 4.44. The van der Waals surface area contributed by atoms with Crippen LogP contribution in [0.5, 0.6) is 0 Å². The number of sulfonamides is 1. The topological polar surface area (TPSA) is 59.1 Å². The molecule has 1 N–H and O–H groups in total. The summed E-state index contributed by atoms with van der Waals surface area (Å²) in [6, 6.07) is 8.39. The van der Waals surface area contributed by atoms with Crippen molar-refractivity contribution in [1.29, 1.82) is 0 Å². The van der Waals surface area contributed by atoms with Crippen LogP contribution in [-0.4, -0.2) is 13.4 Å². The van der Waals surface area contributed by atoms with E-state index >= 15 is 0 Å². The Labute approximate surface area is 117 Å². The molecule has 0 amide bonds. The monoisotopic (exact) mass is 296 g/mol. The zero-order valence-electron chi connectivity index (χ0n) is 10.3. The molecule has 0 aliphatic heterocycles. The van der Waals surface area contributed by atoms with Gasteiger partial charge in [-0.3, -0.25) is 9.71 Å². The normalized spacial score (nSPS) is 11.3. The Morgan fingerprint density at radius 3 is 2.68 bits per heavy atom. The minimum absolute atomic E-state index is 0.142. The fourth-order valence-electron chi connectivity index (χ4n) is 1.65. The molecule has 4 nitrogen and oxygen atoms in total. The van der Waals surface area contributed by atoms with Crippen LogP contribution < -0.4 is 4.72 Å². The lowest BCUT2D eigenvalue weighted by Crippen LogP contribution is -2.15. The van der Waals surface area contributed by atoms with Gasteiger partial charge in [-0.25, -0.2) is 8.42 Å². The Kier molecular flexibility index (Phi) is 4.07. The Bertz CT molecular complexity index is 687. The van der Waals surface area contributed by atoms with Gasteiger partial charge in [0, 0.05) is 12.1 Å². The molecule has 0 saturated heterocycles. The van der Waals surface area contributed by atoms with Crippen LogP contribution in [0.4, 0.5) is 5.69 Å². The Balaban J connectivity index is 2.41. The van der Waals surface area contributed by atoms with Crippen molar-refractivity contribution in [2.45, 2.75) is 17.7 Å². The predicted octanol–water partition coefficient (Wildman–Crippen LogP) is 2.93. The first-order valence-electron chi connectivity index (χ1n) is 5.62. The second-order valence-corrected chi connectivity index (χ2v) is 5.96. The highest BCUT2D eigenvalue weighted by Crippen LogP contribution is 2.22. The zero-order valence-corrected chi connectivity index (χ0v) is 11.9. The number of alkyl halides is 1. The lowest BCUT2D eigenvalue weighted by molar-refractivity contribution is 0.600. The van der Waals surface area contributed by atoms with E-state index in [2.05, 4.69) is 9.71 Å². The van der Waals surface area contributed by atoms with Crippen molar-refractivity contribution in [3.63, 3.8) is 0 Å². The summed E-state index contributed by atoms with van der Waals surface area (Å²) in [6.45, 7) is 1.81. The minimum atomic E-state index is -3.65. The number of hydrogen-bond donors (Lipinski definition) is 1. The summed E-state index contributed by atoms with van der Waals surface area (Å²) in [6.07, 6.45) is 3.09. The molecule has 2 rings (SSSR count). The van der Waals surface area contributed by atoms with Crippen molar-refractivity contribution in [3.05, 3.63) is 53.9 Å². The second-order valence-electron chi connectivity index (χ2n) is 4.04. The van der Waals surface area contributed by atoms with Gasteiger partial charge in [0.25, 0.3) is 10.0 Å². The van der Waals surface area contributed by atoms with Crippen LogP contribution in [0.3, 0.4) is 0 Å². The van der Waals surface area contributed by atoms with E-state index in [0.29, 0.717) is 11.3 Å². The Morgan fingerprint density at radius 2 is 2.00 bits per heavy atom. The third-order valence-electron chi connectivity index (χ3n) is 2.69. The molecule has 100 valence electrons. The summed E-state index contributed by atoms with van der Waals surface area (Å²) < 4.78 is 27.2. The maximum atomic E-state index is 12.3. The number of nitrogens with zero attached hydrogens (tertiary/aromatic N) is 1. The van der Waals surface area contributed by atoms with Gasteiger partial charge in [-0.1, -0.05) is 18.2 Å². The van der Waals surface area contributed by atoms with Gasteiger partial charge in [0.1, 0.15) is 0 Å². The van der Waals surface area contributed by atoms with Gasteiger partial charge in [0.2, 0.25) is 0 Å². The third kappa shape index (κ3) is 3.05. The van der Waals surface area contributed by atoms with E-state index in [-0.39, 0.29) is 10.8 Å². The molecule has 1 heterocycles. The molecule has 1 aromatic carbocycles. The molecule has 0 fully saturated rings. The maximum Gasteiger partial charge on any atom is 0.262 e. The SMILES string of the molecule is Cc1ccncc1NS(=O)(=O)c1ccccc1CCl. The van der Waals surface area contributed by atoms with Crippen LogP contribution in [0.15, 0.2) is 47.6 Å². The molecular formula is C13H13ClN2O2S. The number of aryl methyl sites for hydroxylation is 1. The van der Waals surface area contributed by atoms with E-state index < -0.39 is 10.0 Å². The van der Waals surface area contributed by atoms with Gasteiger partial charge in [0.15, 0.2) is 0 Å². The highest BCUT2D eigenvalue weighted by atomic mass is 35.5. The van der Waals surface area contributed by atoms with Crippen LogP contribution >= 0.6 is 11.6 Å². The molecule has 0 aliphatic rings. The number of halogens is 1. The van der Waals surface area contributed by atoms with Crippen molar-refractivity contribution < 1.29 is 8.42 Å². The van der Waals surface area contributed by atoms with E-state index in [1.54, 1.807) is 30.5 Å². The Morgan fingerprint density at radius 1 is 1.26 bits per heavy atom. The van der Waals surface area contributed by atoms with Crippen molar-refractivity contribution in [3.8, 4) is 0 Å². The average molecular weight is 297 g/mol. The molecule has 1 aromatic heterocycles. The lowest BCUT2D eigenvalue weighted by Gasteiger charge is -2.12. The molecule has 0 atom stereocenters. The van der Waals surface area contributed by atoms with E-state index in [9.17, 15) is 8.42 Å². The first-order valence-corrected chi connectivity index (χ1v) is 7.63. The number of aromatic nitrogens is 1. The quantitative estimate of drug-likeness (QED) is 0.883. The summed E-state index contributed by atoms with van der Waals surface area (Å²) in [7, 11) is -3.65. The average Bonchev–Trinajstić information content (AvgIpc) is 2.41. The van der Waals surface area contributed by atoms with Crippen LogP contribution in [-0.2, 0) is 15.9 Å². The maximum absolute atomic E-state index is 12.3. The van der Waals surface area contributed by atoms with Crippen molar-refractivity contribution in [2.75, 3.05) is 4.72 Å². The van der Waals surface area contributed by atoms with E-state index in [1.807, 2.05) is 6.92 Å². The van der Waals surface area contributed by atoms with Crippen LogP contribution in [0.1, 0.15) is 11.1 Å². The molecule has 0 radical (unpaired) electrons. The molecule has 0 bridgehead atoms. The molecule has 0 saturated carbocycles. The molecule has 0 spiro atoms. The molecule has 0 unspecified atom stereocenters. The molecular weight excluding hydrogens is 284 g/mol. The number of anilines is 1. The number of hydrogen-bond acceptors (Lipinski definition) is 3. The van der Waals surface area contributed by atoms with E-state index in [4.69, 9.17) is 11.6 Å². The molecule has 0 aliphatic carbocycles. The minimum Gasteiger partial charge on any atom is -0.278 e. The fraction of sp³-hybridized carbons (Fsp3) is 0.154. The van der Waals surface area contributed by atoms with Crippen molar-refractivity contribution in [2.24, 2.45) is 0 Å². The van der Waals surface area contributed by atoms with Gasteiger partial charge in [-0.15, -0.1) is 11.6 Å². The molecule has 2 aromatic rings. The van der Waals surface area contributed by atoms with Gasteiger partial charge < -0.3 is 0 Å². The fourth-order valence-corrected chi connectivity index (χ4v) is 3.32. The predicted molar refractivity (Wildman–Crippen MR) is 75.8 cm³/mol. The standard InChI is InChI=1S/C13H13ClN2O2S/c1-10-6-7-15-9-12(10)16-19(17,18)13-5-3-2-4-11(13)8-14/h2-7,9,16H,8H2,1H3. The van der Waals surface area contributed by atoms with Crippen LogP contribution in [0, 0.1) is 6.92 Å². The summed E-state index contributed by atoms with van der Waals surface area (Å²) in [5.74, 6) is 0.142. The van der Waals surface area contributed by atoms with Gasteiger partial charge >= 0.3 is 0 Å². The first kappa shape index (κ1) is 13.8. The van der Waals surface area contributed by atoms with Gasteiger partial charge in [-0.05, 0) is 30.2 Å². The largest absolute Gasteiger partial charge is 0.278 e. The first-order chi connectivity index (χ1) is 9.04. The zero-order chi connectivity index (χ0) is 13.9. The summed E-state index contributed by atoms with van der Waals surface area (Å²) >= 11 is 5.77. The summed E-state index contributed by atoms with van der Waals surface area (Å²) in [4.78, 5) is 4.10. The number of rotatable bonds is 4. The van der Waals surface area contributed by atoms with Crippen LogP contribution in [0.25, 0.3) is 0 Å². The number of nitrogens with one attached hydrogen (secondary N) is 1. The van der Waals surface area contributed by atoms with Gasteiger partial charge in [-0.2, -0.15) is 0 Å². The molecule has 19 heavy (non-hydrogen) atoms. The number of benzene rings is 1.